The van der Waals surface area contributed by atoms with Gasteiger partial charge in [0.15, 0.2) is 5.78 Å². The number of benzene rings is 2. The van der Waals surface area contributed by atoms with Crippen molar-refractivity contribution in [2.24, 2.45) is 0 Å². The Hall–Kier alpha value is -2.65. The zero-order valence-corrected chi connectivity index (χ0v) is 16.8. The lowest BCUT2D eigenvalue weighted by molar-refractivity contribution is -0.143. The van der Waals surface area contributed by atoms with Crippen LogP contribution in [0.5, 0.6) is 0 Å². The zero-order chi connectivity index (χ0) is 23.5. The largest absolute Gasteiger partial charge is 0.416 e. The summed E-state index contributed by atoms with van der Waals surface area (Å²) in [6.07, 6.45) is -5.43. The summed E-state index contributed by atoms with van der Waals surface area (Å²) in [5.74, 6) is -0.441. The molecule has 1 unspecified atom stereocenters. The van der Waals surface area contributed by atoms with Crippen molar-refractivity contribution in [2.45, 2.75) is 44.3 Å². The molecule has 0 aliphatic heterocycles. The first kappa shape index (κ1) is 24.0. The van der Waals surface area contributed by atoms with Crippen LogP contribution in [0.3, 0.4) is 0 Å². The van der Waals surface area contributed by atoms with Crippen molar-refractivity contribution < 1.29 is 41.0 Å². The molecule has 2 aromatic carbocycles. The summed E-state index contributed by atoms with van der Waals surface area (Å²) in [5.41, 5.74) is -0.474. The third kappa shape index (κ3) is 5.98. The van der Waals surface area contributed by atoms with Gasteiger partial charge in [-0.3, -0.25) is 4.79 Å². The minimum absolute atomic E-state index is 0.0932. The van der Waals surface area contributed by atoms with Gasteiger partial charge in [0.2, 0.25) is 0 Å². The fourth-order valence-corrected chi connectivity index (χ4v) is 3.61. The van der Waals surface area contributed by atoms with Gasteiger partial charge in [0.05, 0.1) is 23.8 Å². The number of carbonyl (C=O) groups is 1. The molecule has 32 heavy (non-hydrogen) atoms. The molecule has 3 nitrogen and oxygen atoms in total. The van der Waals surface area contributed by atoms with Crippen molar-refractivity contribution in [1.29, 1.82) is 0 Å². The molecule has 1 atom stereocenters. The van der Waals surface area contributed by atoms with Crippen LogP contribution in [0.2, 0.25) is 0 Å². The monoisotopic (exact) mass is 458 g/mol. The number of hydrogen-bond acceptors (Lipinski definition) is 3. The number of aliphatic hydroxyl groups is 1. The maximum atomic E-state index is 13.1. The molecule has 0 heterocycles. The Kier molecular flexibility index (Phi) is 7.09. The van der Waals surface area contributed by atoms with Gasteiger partial charge < -0.3 is 9.84 Å². The predicted octanol–water partition coefficient (Wildman–Crippen LogP) is 5.89. The molecule has 172 valence electrons. The van der Waals surface area contributed by atoms with E-state index in [9.17, 15) is 31.1 Å². The van der Waals surface area contributed by atoms with E-state index in [0.717, 1.165) is 29.5 Å². The Morgan fingerprint density at radius 2 is 1.69 bits per heavy atom. The van der Waals surface area contributed by atoms with Crippen LogP contribution in [0.4, 0.5) is 26.3 Å². The van der Waals surface area contributed by atoms with Gasteiger partial charge in [-0.2, -0.15) is 26.3 Å². The van der Waals surface area contributed by atoms with Crippen LogP contribution < -0.4 is 0 Å². The minimum atomic E-state index is -4.91. The first-order chi connectivity index (χ1) is 15.0. The molecule has 2 aromatic rings. The lowest BCUT2D eigenvalue weighted by Gasteiger charge is -2.26. The molecule has 0 spiro atoms. The number of halogens is 6. The van der Waals surface area contributed by atoms with Crippen molar-refractivity contribution in [2.75, 3.05) is 6.61 Å². The van der Waals surface area contributed by atoms with E-state index in [1.165, 1.54) is 6.08 Å². The third-order valence-electron chi connectivity index (χ3n) is 5.14. The van der Waals surface area contributed by atoms with Gasteiger partial charge in [0.25, 0.3) is 0 Å². The molecule has 0 saturated heterocycles. The van der Waals surface area contributed by atoms with Crippen molar-refractivity contribution in [3.05, 3.63) is 75.9 Å². The second-order valence-electron chi connectivity index (χ2n) is 7.52. The molecule has 9 heteroatoms. The highest BCUT2D eigenvalue weighted by atomic mass is 19.4. The number of hydrogen-bond donors (Lipinski definition) is 1. The fourth-order valence-electron chi connectivity index (χ4n) is 3.61. The van der Waals surface area contributed by atoms with Crippen LogP contribution in [0.15, 0.2) is 42.5 Å². The molecule has 0 fully saturated rings. The molecular weight excluding hydrogens is 438 g/mol. The van der Waals surface area contributed by atoms with E-state index < -0.39 is 48.6 Å². The van der Waals surface area contributed by atoms with E-state index in [0.29, 0.717) is 18.6 Å². The van der Waals surface area contributed by atoms with E-state index in [1.54, 1.807) is 18.2 Å². The van der Waals surface area contributed by atoms with E-state index in [-0.39, 0.29) is 11.6 Å². The molecule has 0 aromatic heterocycles. The molecule has 1 N–H and O–H groups in total. The van der Waals surface area contributed by atoms with E-state index in [2.05, 4.69) is 0 Å². The van der Waals surface area contributed by atoms with Gasteiger partial charge in [-0.1, -0.05) is 24.3 Å². The molecule has 0 amide bonds. The topological polar surface area (TPSA) is 46.5 Å². The second-order valence-corrected chi connectivity index (χ2v) is 7.52. The number of aliphatic hydroxyl groups excluding tert-OH is 1. The van der Waals surface area contributed by atoms with Gasteiger partial charge in [0.1, 0.15) is 6.61 Å². The third-order valence-corrected chi connectivity index (χ3v) is 5.14. The summed E-state index contributed by atoms with van der Waals surface area (Å²) in [7, 11) is 0. The second kappa shape index (κ2) is 9.46. The molecule has 0 saturated carbocycles. The van der Waals surface area contributed by atoms with Gasteiger partial charge in [-0.05, 0) is 65.8 Å². The smallest absolute Gasteiger partial charge is 0.388 e. The highest BCUT2D eigenvalue weighted by Gasteiger charge is 2.37. The van der Waals surface area contributed by atoms with Crippen LogP contribution in [0.1, 0.15) is 52.3 Å². The Morgan fingerprint density at radius 3 is 2.28 bits per heavy atom. The number of aryl methyl sites for hydroxylation is 1. The van der Waals surface area contributed by atoms with Crippen LogP contribution in [-0.4, -0.2) is 17.5 Å². The van der Waals surface area contributed by atoms with E-state index >= 15 is 0 Å². The summed E-state index contributed by atoms with van der Waals surface area (Å²) in [6.45, 7) is -0.993. The SMILES string of the molecule is O=C(/C=C/c1ccc2c(c1)CCCC2OCc1cc(C(F)(F)F)cc(C(F)(F)F)c1)CO. The molecule has 1 aliphatic rings. The summed E-state index contributed by atoms with van der Waals surface area (Å²) in [6, 6.07) is 6.79. The maximum absolute atomic E-state index is 13.1. The van der Waals surface area contributed by atoms with E-state index in [1.807, 2.05) is 6.07 Å². The first-order valence-corrected chi connectivity index (χ1v) is 9.82. The molecule has 3 rings (SSSR count). The van der Waals surface area contributed by atoms with Crippen molar-refractivity contribution in [1.82, 2.24) is 0 Å². The lowest BCUT2D eigenvalue weighted by atomic mass is 9.88. The molecule has 0 bridgehead atoms. The quantitative estimate of drug-likeness (QED) is 0.434. The number of ketones is 1. The van der Waals surface area contributed by atoms with Crippen molar-refractivity contribution >= 4 is 11.9 Å². The van der Waals surface area contributed by atoms with Crippen LogP contribution in [0.25, 0.3) is 6.08 Å². The van der Waals surface area contributed by atoms with Gasteiger partial charge in [0, 0.05) is 0 Å². The maximum Gasteiger partial charge on any atom is 0.416 e. The molecule has 1 aliphatic carbocycles. The summed E-state index contributed by atoms with van der Waals surface area (Å²) in [4.78, 5) is 11.2. The summed E-state index contributed by atoms with van der Waals surface area (Å²) >= 11 is 0. The molecular formula is C23H20F6O3. The number of rotatable bonds is 6. The Labute approximate surface area is 180 Å². The van der Waals surface area contributed by atoms with Crippen LogP contribution >= 0.6 is 0 Å². The van der Waals surface area contributed by atoms with Gasteiger partial charge >= 0.3 is 12.4 Å². The number of alkyl halides is 6. The Morgan fingerprint density at radius 1 is 1.03 bits per heavy atom. The zero-order valence-electron chi connectivity index (χ0n) is 16.8. The summed E-state index contributed by atoms with van der Waals surface area (Å²) in [5, 5.41) is 8.77. The predicted molar refractivity (Wildman–Crippen MR) is 104 cm³/mol. The minimum Gasteiger partial charge on any atom is -0.388 e. The number of fused-ring (bicyclic) bond motifs is 1. The average Bonchev–Trinajstić information content (AvgIpc) is 2.74. The Balaban J connectivity index is 1.80. The number of carbonyl (C=O) groups excluding carboxylic acids is 1. The van der Waals surface area contributed by atoms with E-state index in [4.69, 9.17) is 9.84 Å². The standard InChI is InChI=1S/C23H20F6O3/c24-22(25,26)17-9-15(10-18(11-17)23(27,28)29)13-32-21-3-1-2-16-8-14(5-7-20(16)21)4-6-19(31)12-30/h4-11,21,30H,1-3,12-13H2/b6-4+. The van der Waals surface area contributed by atoms with Crippen molar-refractivity contribution in [3.63, 3.8) is 0 Å². The average molecular weight is 458 g/mol. The molecule has 0 radical (unpaired) electrons. The fraction of sp³-hybridized carbons (Fsp3) is 0.348. The van der Waals surface area contributed by atoms with Gasteiger partial charge in [-0.25, -0.2) is 0 Å². The van der Waals surface area contributed by atoms with Crippen molar-refractivity contribution in [3.8, 4) is 0 Å². The highest BCUT2D eigenvalue weighted by Crippen LogP contribution is 2.38. The van der Waals surface area contributed by atoms with Crippen LogP contribution in [0, 0.1) is 0 Å². The summed E-state index contributed by atoms with van der Waals surface area (Å²) < 4.78 is 84.1. The highest BCUT2D eigenvalue weighted by molar-refractivity contribution is 5.94. The van der Waals surface area contributed by atoms with Crippen LogP contribution in [-0.2, 0) is 34.9 Å². The Bertz CT molecular complexity index is 976. The normalized spacial score (nSPS) is 16.9. The van der Waals surface area contributed by atoms with Gasteiger partial charge in [-0.15, -0.1) is 0 Å². The number of ether oxygens (including phenoxy) is 1. The first-order valence-electron chi connectivity index (χ1n) is 9.82. The lowest BCUT2D eigenvalue weighted by Crippen LogP contribution is -2.15.